The predicted octanol–water partition coefficient (Wildman–Crippen LogP) is 4.39. The molecule has 3 heteroatoms. The molecule has 2 aromatic carbocycles. The van der Waals surface area contributed by atoms with Crippen LogP contribution in [0.5, 0.6) is 0 Å². The lowest BCUT2D eigenvalue weighted by Crippen LogP contribution is -2.41. The van der Waals surface area contributed by atoms with Gasteiger partial charge in [0.2, 0.25) is 0 Å². The predicted molar refractivity (Wildman–Crippen MR) is 103 cm³/mol. The average Bonchev–Trinajstić information content (AvgIpc) is 2.73. The summed E-state index contributed by atoms with van der Waals surface area (Å²) in [6.07, 6.45) is 7.55. The number of aromatic nitrogens is 1. The number of benzene rings is 2. The zero-order valence-corrected chi connectivity index (χ0v) is 14.6. The van der Waals surface area contributed by atoms with Gasteiger partial charge in [-0.15, -0.1) is 0 Å². The van der Waals surface area contributed by atoms with Crippen LogP contribution in [-0.4, -0.2) is 17.3 Å². The monoisotopic (exact) mass is 341 g/mol. The molecule has 26 heavy (non-hydrogen) atoms. The Labute approximate surface area is 154 Å². The topological polar surface area (TPSA) is 33.2 Å². The van der Waals surface area contributed by atoms with Crippen molar-refractivity contribution in [3.63, 3.8) is 0 Å². The van der Waals surface area contributed by atoms with E-state index in [1.807, 2.05) is 60.8 Å². The molecule has 0 spiro atoms. The van der Waals surface area contributed by atoms with Gasteiger partial charge in [-0.3, -0.25) is 4.98 Å². The van der Waals surface area contributed by atoms with E-state index in [2.05, 4.69) is 22.0 Å². The molecular formula is C23H21N2O. The van der Waals surface area contributed by atoms with Crippen molar-refractivity contribution in [1.29, 1.82) is 0 Å². The fourth-order valence-electron chi connectivity index (χ4n) is 3.90. The van der Waals surface area contributed by atoms with Crippen LogP contribution in [0.15, 0.2) is 73.1 Å². The molecule has 0 saturated carbocycles. The summed E-state index contributed by atoms with van der Waals surface area (Å²) in [6, 6.07) is 23.3. The van der Waals surface area contributed by atoms with E-state index in [0.29, 0.717) is 0 Å². The molecular weight excluding hydrogens is 320 g/mol. The van der Waals surface area contributed by atoms with Gasteiger partial charge in [-0.25, -0.2) is 0 Å². The summed E-state index contributed by atoms with van der Waals surface area (Å²) in [6.45, 7) is 0. The number of rotatable bonds is 5. The van der Waals surface area contributed by atoms with E-state index in [9.17, 15) is 4.79 Å². The van der Waals surface area contributed by atoms with Crippen molar-refractivity contribution in [1.82, 2.24) is 4.98 Å². The van der Waals surface area contributed by atoms with E-state index in [1.54, 1.807) is 6.20 Å². The van der Waals surface area contributed by atoms with Gasteiger partial charge in [0.25, 0.3) is 0 Å². The van der Waals surface area contributed by atoms with Gasteiger partial charge in [0, 0.05) is 11.9 Å². The maximum Gasteiger partial charge on any atom is 0.143 e. The van der Waals surface area contributed by atoms with Crippen molar-refractivity contribution in [2.24, 2.45) is 5.92 Å². The molecule has 1 aromatic heterocycles. The minimum Gasteiger partial charge on any atom is -0.330 e. The highest BCUT2D eigenvalue weighted by Crippen LogP contribution is 2.34. The molecule has 1 aliphatic rings. The van der Waals surface area contributed by atoms with Crippen LogP contribution in [-0.2, 0) is 17.6 Å². The number of pyridine rings is 1. The lowest BCUT2D eigenvalue weighted by Gasteiger charge is -2.37. The summed E-state index contributed by atoms with van der Waals surface area (Å²) in [5.41, 5.74) is 4.57. The first kappa shape index (κ1) is 16.5. The fraction of sp³-hybridized carbons (Fsp3) is 0.217. The second-order valence-corrected chi connectivity index (χ2v) is 6.72. The summed E-state index contributed by atoms with van der Waals surface area (Å²) < 4.78 is 0. The number of hydrogen-bond donors (Lipinski definition) is 0. The van der Waals surface area contributed by atoms with Crippen molar-refractivity contribution in [2.75, 3.05) is 4.90 Å². The van der Waals surface area contributed by atoms with Gasteiger partial charge in [-0.1, -0.05) is 36.4 Å². The van der Waals surface area contributed by atoms with Crippen LogP contribution in [0.4, 0.5) is 11.4 Å². The number of aldehydes is 1. The number of fused-ring (bicyclic) bond motifs is 1. The van der Waals surface area contributed by atoms with Crippen molar-refractivity contribution in [3.05, 3.63) is 90.3 Å². The van der Waals surface area contributed by atoms with Crippen molar-refractivity contribution in [3.8, 4) is 0 Å². The Balaban J connectivity index is 1.71. The van der Waals surface area contributed by atoms with Gasteiger partial charge in [-0.05, 0) is 66.6 Å². The molecule has 1 heterocycles. The summed E-state index contributed by atoms with van der Waals surface area (Å²) in [4.78, 5) is 18.6. The Kier molecular flexibility index (Phi) is 4.78. The minimum atomic E-state index is -0.227. The highest BCUT2D eigenvalue weighted by molar-refractivity contribution is 5.74. The van der Waals surface area contributed by atoms with Gasteiger partial charge in [0.15, 0.2) is 0 Å². The zero-order valence-electron chi connectivity index (χ0n) is 14.6. The minimum absolute atomic E-state index is 0.227. The number of para-hydroxylation sites is 1. The van der Waals surface area contributed by atoms with E-state index in [-0.39, 0.29) is 12.0 Å². The van der Waals surface area contributed by atoms with Gasteiger partial charge in [0.05, 0.1) is 17.9 Å². The standard InChI is InChI=1S/C23H21N2O/c26-17-23(20-13-12-18-7-4-5-8-19(18)15-20)25(21-9-2-1-3-10-21)22-11-6-14-24-16-22/h1-6,8-11,14,16-17,20,23H,12-13,15H2. The molecule has 1 radical (unpaired) electrons. The molecule has 0 bridgehead atoms. The molecule has 3 nitrogen and oxygen atoms in total. The first-order valence-electron chi connectivity index (χ1n) is 9.05. The first-order valence-corrected chi connectivity index (χ1v) is 9.05. The Morgan fingerprint density at radius 1 is 1.08 bits per heavy atom. The van der Waals surface area contributed by atoms with Crippen LogP contribution < -0.4 is 4.90 Å². The molecule has 1 aliphatic carbocycles. The normalized spacial score (nSPS) is 17.2. The molecule has 3 aromatic rings. The molecule has 0 aliphatic heterocycles. The molecule has 0 fully saturated rings. The second-order valence-electron chi connectivity index (χ2n) is 6.72. The van der Waals surface area contributed by atoms with Crippen molar-refractivity contribution < 1.29 is 4.79 Å². The smallest absolute Gasteiger partial charge is 0.143 e. The van der Waals surface area contributed by atoms with Crippen LogP contribution in [0, 0.1) is 12.0 Å². The van der Waals surface area contributed by atoms with Gasteiger partial charge >= 0.3 is 0 Å². The van der Waals surface area contributed by atoms with Crippen LogP contribution in [0.1, 0.15) is 17.5 Å². The van der Waals surface area contributed by atoms with Crippen LogP contribution in [0.25, 0.3) is 0 Å². The van der Waals surface area contributed by atoms with E-state index in [0.717, 1.165) is 36.9 Å². The van der Waals surface area contributed by atoms with Gasteiger partial charge < -0.3 is 9.69 Å². The number of carbonyl (C=O) groups is 1. The van der Waals surface area contributed by atoms with Crippen LogP contribution >= 0.6 is 0 Å². The lowest BCUT2D eigenvalue weighted by molar-refractivity contribution is -0.109. The molecule has 4 rings (SSSR count). The molecule has 0 amide bonds. The number of nitrogens with zero attached hydrogens (tertiary/aromatic N) is 2. The number of hydrogen-bond acceptors (Lipinski definition) is 3. The summed E-state index contributed by atoms with van der Waals surface area (Å²) in [7, 11) is 0. The maximum atomic E-state index is 12.2. The Bertz CT molecular complexity index is 824. The van der Waals surface area contributed by atoms with Crippen molar-refractivity contribution >= 4 is 17.7 Å². The largest absolute Gasteiger partial charge is 0.330 e. The SMILES string of the molecule is O=CC(C1CCc2[c]cccc2C1)N(c1ccccc1)c1cccnc1. The Morgan fingerprint density at radius 3 is 2.69 bits per heavy atom. The quantitative estimate of drug-likeness (QED) is 0.645. The maximum absolute atomic E-state index is 12.2. The average molecular weight is 341 g/mol. The van der Waals surface area contributed by atoms with Gasteiger partial charge in [-0.2, -0.15) is 0 Å². The molecule has 0 N–H and O–H groups in total. The third-order valence-electron chi connectivity index (χ3n) is 5.17. The van der Waals surface area contributed by atoms with Crippen LogP contribution in [0.2, 0.25) is 0 Å². The second kappa shape index (κ2) is 7.52. The summed E-state index contributed by atoms with van der Waals surface area (Å²) >= 11 is 0. The molecule has 129 valence electrons. The summed E-state index contributed by atoms with van der Waals surface area (Å²) in [5.74, 6) is 0.260. The number of anilines is 2. The lowest BCUT2D eigenvalue weighted by atomic mass is 9.79. The third-order valence-corrected chi connectivity index (χ3v) is 5.17. The van der Waals surface area contributed by atoms with Crippen molar-refractivity contribution in [2.45, 2.75) is 25.3 Å². The zero-order chi connectivity index (χ0) is 17.8. The highest BCUT2D eigenvalue weighted by atomic mass is 16.1. The van der Waals surface area contributed by atoms with E-state index < -0.39 is 0 Å². The fourth-order valence-corrected chi connectivity index (χ4v) is 3.90. The molecule has 0 saturated heterocycles. The van der Waals surface area contributed by atoms with Crippen LogP contribution in [0.3, 0.4) is 0 Å². The summed E-state index contributed by atoms with van der Waals surface area (Å²) in [5, 5.41) is 0. The highest BCUT2D eigenvalue weighted by Gasteiger charge is 2.31. The molecule has 2 unspecified atom stereocenters. The number of carbonyl (C=O) groups excluding carboxylic acids is 1. The van der Waals surface area contributed by atoms with E-state index in [1.165, 1.54) is 11.1 Å². The van der Waals surface area contributed by atoms with E-state index >= 15 is 0 Å². The third kappa shape index (κ3) is 3.25. The van der Waals surface area contributed by atoms with E-state index in [4.69, 9.17) is 0 Å². The first-order chi connectivity index (χ1) is 12.9. The number of aryl methyl sites for hydroxylation is 1. The Hall–Kier alpha value is -2.94. The Morgan fingerprint density at radius 2 is 1.92 bits per heavy atom. The molecule has 2 atom stereocenters. The van der Waals surface area contributed by atoms with Gasteiger partial charge in [0.1, 0.15) is 6.29 Å².